The molecule has 0 spiro atoms. The van der Waals surface area contributed by atoms with E-state index in [1.165, 1.54) is 11.1 Å². The van der Waals surface area contributed by atoms with Crippen molar-refractivity contribution in [3.8, 4) is 90.6 Å². The molecule has 0 aliphatic heterocycles. The molecule has 3 heterocycles. The molecule has 0 radical (unpaired) electrons. The Morgan fingerprint density at radius 1 is 0.344 bits per heavy atom. The summed E-state index contributed by atoms with van der Waals surface area (Å²) in [5, 5.41) is 2.02. The summed E-state index contributed by atoms with van der Waals surface area (Å²) in [7, 11) is 0. The Hall–Kier alpha value is -8.42. The van der Waals surface area contributed by atoms with E-state index in [1.54, 1.807) is 0 Å². The first kappa shape index (κ1) is 37.4. The van der Waals surface area contributed by atoms with Crippen LogP contribution in [0.4, 0.5) is 0 Å². The molecule has 12 rings (SSSR count). The maximum Gasteiger partial charge on any atom is 0.167 e. The molecule has 0 unspecified atom stereocenters. The standard InChI is InChI=1S/C57H38N6O/c1-57(2)45-33-32-39(34-44(45)48-42(28-16-30-46(48)57)55-60-51(35-18-7-3-8-19-35)58-52(61-55)36-20-9-4-10-21-36)40-26-17-31-47-49(40)41-27-15-29-43(50(41)64-47)56-62-53(37-22-11-5-12-23-37)59-54(63-56)38-24-13-6-14-25-38/h3-34H,1-2H3. The van der Waals surface area contributed by atoms with Crippen LogP contribution in [-0.4, -0.2) is 29.9 Å². The lowest BCUT2D eigenvalue weighted by atomic mass is 9.82. The molecule has 0 saturated carbocycles. The first-order valence-electron chi connectivity index (χ1n) is 21.5. The van der Waals surface area contributed by atoms with Crippen LogP contribution in [0.2, 0.25) is 0 Å². The number of fused-ring (bicyclic) bond motifs is 6. The lowest BCUT2D eigenvalue weighted by Crippen LogP contribution is -2.14. The van der Waals surface area contributed by atoms with Crippen LogP contribution in [0.5, 0.6) is 0 Å². The SMILES string of the molecule is CC1(C)c2ccc(-c3cccc4oc5c(-c6nc(-c7ccccc7)nc(-c7ccccc7)n6)cccc5c34)cc2-c2c(-c3nc(-c4ccccc4)nc(-c4ccccc4)n3)cccc21. The van der Waals surface area contributed by atoms with E-state index >= 15 is 0 Å². The third kappa shape index (κ3) is 6.20. The van der Waals surface area contributed by atoms with E-state index in [9.17, 15) is 0 Å². The van der Waals surface area contributed by atoms with Gasteiger partial charge in [-0.05, 0) is 51.6 Å². The molecule has 64 heavy (non-hydrogen) atoms. The summed E-state index contributed by atoms with van der Waals surface area (Å²) < 4.78 is 6.82. The van der Waals surface area contributed by atoms with Crippen molar-refractivity contribution in [3.63, 3.8) is 0 Å². The van der Waals surface area contributed by atoms with Gasteiger partial charge in [0.1, 0.15) is 11.2 Å². The number of hydrogen-bond donors (Lipinski definition) is 0. The third-order valence-electron chi connectivity index (χ3n) is 12.4. The van der Waals surface area contributed by atoms with Gasteiger partial charge in [-0.15, -0.1) is 0 Å². The van der Waals surface area contributed by atoms with Crippen LogP contribution < -0.4 is 0 Å². The first-order chi connectivity index (χ1) is 31.5. The van der Waals surface area contributed by atoms with E-state index in [0.29, 0.717) is 34.9 Å². The molecule has 0 amide bonds. The van der Waals surface area contributed by atoms with Crippen LogP contribution in [0.15, 0.2) is 199 Å². The second-order valence-electron chi connectivity index (χ2n) is 16.7. The van der Waals surface area contributed by atoms with Crippen LogP contribution in [0.3, 0.4) is 0 Å². The summed E-state index contributed by atoms with van der Waals surface area (Å²) >= 11 is 0. The third-order valence-corrected chi connectivity index (χ3v) is 12.4. The van der Waals surface area contributed by atoms with Gasteiger partial charge in [0.2, 0.25) is 0 Å². The number of hydrogen-bond acceptors (Lipinski definition) is 7. The summed E-state index contributed by atoms with van der Waals surface area (Å²) in [5.74, 6) is 3.66. The summed E-state index contributed by atoms with van der Waals surface area (Å²) in [4.78, 5) is 30.4. The number of nitrogens with zero attached hydrogens (tertiary/aromatic N) is 6. The van der Waals surface area contributed by atoms with E-state index in [1.807, 2.05) is 133 Å². The van der Waals surface area contributed by atoms with Crippen molar-refractivity contribution in [1.82, 2.24) is 29.9 Å². The molecular weight excluding hydrogens is 785 g/mol. The number of aromatic nitrogens is 6. The molecule has 1 aliphatic carbocycles. The highest BCUT2D eigenvalue weighted by molar-refractivity contribution is 6.15. The largest absolute Gasteiger partial charge is 0.455 e. The van der Waals surface area contributed by atoms with Crippen LogP contribution in [0, 0.1) is 0 Å². The zero-order chi connectivity index (χ0) is 42.8. The average molecular weight is 823 g/mol. The second-order valence-corrected chi connectivity index (χ2v) is 16.7. The summed E-state index contributed by atoms with van der Waals surface area (Å²) in [6.45, 7) is 4.61. The molecule has 1 aliphatic rings. The van der Waals surface area contributed by atoms with E-state index in [-0.39, 0.29) is 5.41 Å². The van der Waals surface area contributed by atoms with Gasteiger partial charge in [-0.1, -0.05) is 190 Å². The Morgan fingerprint density at radius 3 is 1.34 bits per heavy atom. The van der Waals surface area contributed by atoms with Crippen molar-refractivity contribution in [2.24, 2.45) is 0 Å². The molecule has 8 aromatic carbocycles. The monoisotopic (exact) mass is 822 g/mol. The smallest absolute Gasteiger partial charge is 0.167 e. The predicted molar refractivity (Wildman–Crippen MR) is 256 cm³/mol. The normalized spacial score (nSPS) is 12.7. The maximum absolute atomic E-state index is 6.82. The van der Waals surface area contributed by atoms with Gasteiger partial charge in [-0.2, -0.15) is 0 Å². The van der Waals surface area contributed by atoms with Gasteiger partial charge >= 0.3 is 0 Å². The Balaban J connectivity index is 1.02. The van der Waals surface area contributed by atoms with Crippen molar-refractivity contribution in [2.75, 3.05) is 0 Å². The molecule has 7 heteroatoms. The molecule has 7 nitrogen and oxygen atoms in total. The average Bonchev–Trinajstić information content (AvgIpc) is 3.86. The van der Waals surface area contributed by atoms with Gasteiger partial charge < -0.3 is 4.42 Å². The van der Waals surface area contributed by atoms with Crippen LogP contribution >= 0.6 is 0 Å². The number of rotatable bonds is 7. The van der Waals surface area contributed by atoms with Crippen molar-refractivity contribution in [2.45, 2.75) is 19.3 Å². The summed E-state index contributed by atoms with van der Waals surface area (Å²) in [6.07, 6.45) is 0. The Bertz CT molecular complexity index is 3450. The molecule has 0 fully saturated rings. The molecule has 0 saturated heterocycles. The number of para-hydroxylation sites is 1. The van der Waals surface area contributed by atoms with Gasteiger partial charge in [0, 0.05) is 44.0 Å². The molecule has 3 aromatic heterocycles. The second kappa shape index (κ2) is 14.9. The highest BCUT2D eigenvalue weighted by Gasteiger charge is 2.38. The number of benzene rings is 8. The van der Waals surface area contributed by atoms with Crippen LogP contribution in [0.25, 0.3) is 113 Å². The highest BCUT2D eigenvalue weighted by Crippen LogP contribution is 2.53. The van der Waals surface area contributed by atoms with E-state index in [4.69, 9.17) is 34.3 Å². The molecular formula is C57H38N6O. The van der Waals surface area contributed by atoms with Gasteiger partial charge in [-0.25, -0.2) is 29.9 Å². The molecule has 0 bridgehead atoms. The van der Waals surface area contributed by atoms with E-state index in [2.05, 4.69) is 74.5 Å². The van der Waals surface area contributed by atoms with Crippen LogP contribution in [0.1, 0.15) is 25.0 Å². The fourth-order valence-corrected chi connectivity index (χ4v) is 9.28. The summed E-state index contributed by atoms with van der Waals surface area (Å²) in [5.41, 5.74) is 13.7. The quantitative estimate of drug-likeness (QED) is 0.158. The van der Waals surface area contributed by atoms with Crippen molar-refractivity contribution in [1.29, 1.82) is 0 Å². The van der Waals surface area contributed by atoms with Gasteiger partial charge in [0.25, 0.3) is 0 Å². The minimum absolute atomic E-state index is 0.262. The fourth-order valence-electron chi connectivity index (χ4n) is 9.28. The van der Waals surface area contributed by atoms with Crippen LogP contribution in [-0.2, 0) is 5.41 Å². The molecule has 0 atom stereocenters. The fraction of sp³-hybridized carbons (Fsp3) is 0.0526. The highest BCUT2D eigenvalue weighted by atomic mass is 16.3. The molecule has 0 N–H and O–H groups in total. The van der Waals surface area contributed by atoms with Gasteiger partial charge in [-0.3, -0.25) is 0 Å². The lowest BCUT2D eigenvalue weighted by Gasteiger charge is -2.21. The van der Waals surface area contributed by atoms with Crippen molar-refractivity contribution in [3.05, 3.63) is 205 Å². The molecule has 302 valence electrons. The zero-order valence-electron chi connectivity index (χ0n) is 35.1. The lowest BCUT2D eigenvalue weighted by molar-refractivity contribution is 0.660. The summed E-state index contributed by atoms with van der Waals surface area (Å²) in [6, 6.07) is 66.3. The van der Waals surface area contributed by atoms with E-state index in [0.717, 1.165) is 77.6 Å². The van der Waals surface area contributed by atoms with Gasteiger partial charge in [0.05, 0.1) is 5.56 Å². The van der Waals surface area contributed by atoms with Crippen molar-refractivity contribution < 1.29 is 4.42 Å². The molecule has 11 aromatic rings. The van der Waals surface area contributed by atoms with Crippen molar-refractivity contribution >= 4 is 21.9 Å². The topological polar surface area (TPSA) is 90.5 Å². The maximum atomic E-state index is 6.82. The predicted octanol–water partition coefficient (Wildman–Crippen LogP) is 13.9. The van der Waals surface area contributed by atoms with Gasteiger partial charge in [0.15, 0.2) is 34.9 Å². The minimum Gasteiger partial charge on any atom is -0.455 e. The Morgan fingerprint density at radius 2 is 0.797 bits per heavy atom. The number of furan rings is 1. The minimum atomic E-state index is -0.262. The zero-order valence-corrected chi connectivity index (χ0v) is 35.1. The first-order valence-corrected chi connectivity index (χ1v) is 21.5. The Kier molecular flexibility index (Phi) is 8.69. The van der Waals surface area contributed by atoms with E-state index < -0.39 is 0 Å². The Labute approximate surface area is 369 Å².